The molecular formula is C20H13FN4O2S. The van der Waals surface area contributed by atoms with Crippen molar-refractivity contribution in [2.24, 2.45) is 0 Å². The van der Waals surface area contributed by atoms with Gasteiger partial charge in [0.2, 0.25) is 0 Å². The molecule has 0 radical (unpaired) electrons. The van der Waals surface area contributed by atoms with Gasteiger partial charge in [-0.2, -0.15) is 5.26 Å². The maximum absolute atomic E-state index is 14.6. The first-order chi connectivity index (χ1) is 13.4. The number of benzene rings is 1. The Morgan fingerprint density at radius 2 is 1.71 bits per heavy atom. The summed E-state index contributed by atoms with van der Waals surface area (Å²) in [7, 11) is -3.30. The Balaban J connectivity index is 1.84. The highest BCUT2D eigenvalue weighted by Gasteiger charge is 2.14. The van der Waals surface area contributed by atoms with Crippen LogP contribution >= 0.6 is 0 Å². The van der Waals surface area contributed by atoms with Crippen LogP contribution in [0.5, 0.6) is 0 Å². The van der Waals surface area contributed by atoms with E-state index in [1.165, 1.54) is 30.6 Å². The van der Waals surface area contributed by atoms with Gasteiger partial charge >= 0.3 is 0 Å². The van der Waals surface area contributed by atoms with Gasteiger partial charge in [-0.1, -0.05) is 12.1 Å². The number of rotatable bonds is 3. The van der Waals surface area contributed by atoms with Crippen molar-refractivity contribution >= 4 is 15.5 Å². The second-order valence-corrected chi connectivity index (χ2v) is 8.27. The quantitative estimate of drug-likeness (QED) is 0.533. The molecule has 0 aliphatic rings. The van der Waals surface area contributed by atoms with Gasteiger partial charge in [0.15, 0.2) is 21.3 Å². The molecule has 0 bridgehead atoms. The van der Waals surface area contributed by atoms with E-state index >= 15 is 0 Å². The summed E-state index contributed by atoms with van der Waals surface area (Å²) in [5.74, 6) is -0.499. The third-order valence-corrected chi connectivity index (χ3v) is 5.48. The van der Waals surface area contributed by atoms with E-state index in [9.17, 15) is 12.8 Å². The maximum atomic E-state index is 14.6. The van der Waals surface area contributed by atoms with Gasteiger partial charge in [0, 0.05) is 35.3 Å². The lowest BCUT2D eigenvalue weighted by molar-refractivity contribution is 0.602. The molecule has 0 atom stereocenters. The second-order valence-electron chi connectivity index (χ2n) is 6.25. The molecule has 0 aliphatic carbocycles. The highest BCUT2D eigenvalue weighted by molar-refractivity contribution is 7.90. The maximum Gasteiger partial charge on any atom is 0.175 e. The molecule has 3 aromatic heterocycles. The molecular weight excluding hydrogens is 379 g/mol. The minimum Gasteiger partial charge on any atom is -0.297 e. The third kappa shape index (κ3) is 3.12. The second kappa shape index (κ2) is 6.55. The van der Waals surface area contributed by atoms with E-state index in [4.69, 9.17) is 5.26 Å². The van der Waals surface area contributed by atoms with E-state index in [-0.39, 0.29) is 16.2 Å². The smallest absolute Gasteiger partial charge is 0.175 e. The van der Waals surface area contributed by atoms with E-state index in [0.717, 1.165) is 6.26 Å². The van der Waals surface area contributed by atoms with E-state index in [1.807, 2.05) is 6.07 Å². The highest BCUT2D eigenvalue weighted by atomic mass is 32.2. The number of hydrogen-bond donors (Lipinski definition) is 0. The topological polar surface area (TPSA) is 88.1 Å². The first-order valence-corrected chi connectivity index (χ1v) is 10.1. The average Bonchev–Trinajstić information content (AvgIpc) is 3.12. The number of fused-ring (bicyclic) bond motifs is 1. The van der Waals surface area contributed by atoms with Gasteiger partial charge in [-0.15, -0.1) is 0 Å². The van der Waals surface area contributed by atoms with Crippen LogP contribution in [0.4, 0.5) is 4.39 Å². The Labute approximate surface area is 160 Å². The molecule has 4 rings (SSSR count). The first-order valence-electron chi connectivity index (χ1n) is 8.20. The van der Waals surface area contributed by atoms with E-state index in [1.54, 1.807) is 34.9 Å². The number of aromatic nitrogens is 3. The van der Waals surface area contributed by atoms with Crippen LogP contribution in [-0.2, 0) is 9.84 Å². The van der Waals surface area contributed by atoms with Gasteiger partial charge in [-0.05, 0) is 30.3 Å². The minimum absolute atomic E-state index is 0.160. The number of pyridine rings is 2. The molecule has 3 heterocycles. The fraction of sp³-hybridized carbons (Fsp3) is 0.0500. The van der Waals surface area contributed by atoms with E-state index in [2.05, 4.69) is 9.97 Å². The van der Waals surface area contributed by atoms with Crippen molar-refractivity contribution in [2.45, 2.75) is 4.90 Å². The molecule has 138 valence electrons. The van der Waals surface area contributed by atoms with Crippen molar-refractivity contribution in [3.05, 3.63) is 72.6 Å². The molecule has 0 saturated heterocycles. The van der Waals surface area contributed by atoms with Crippen LogP contribution in [0.1, 0.15) is 5.69 Å². The minimum atomic E-state index is -3.30. The van der Waals surface area contributed by atoms with Crippen LogP contribution in [0, 0.1) is 17.1 Å². The van der Waals surface area contributed by atoms with Crippen LogP contribution < -0.4 is 0 Å². The van der Waals surface area contributed by atoms with Crippen LogP contribution in [0.25, 0.3) is 28.0 Å². The average molecular weight is 392 g/mol. The molecule has 0 N–H and O–H groups in total. The summed E-state index contributed by atoms with van der Waals surface area (Å²) in [5.41, 5.74) is 3.00. The van der Waals surface area contributed by atoms with Crippen LogP contribution in [0.2, 0.25) is 0 Å². The van der Waals surface area contributed by atoms with Gasteiger partial charge < -0.3 is 0 Å². The molecule has 4 aromatic rings. The number of nitriles is 1. The summed E-state index contributed by atoms with van der Waals surface area (Å²) in [5, 5.41) is 8.87. The monoisotopic (exact) mass is 392 g/mol. The third-order valence-electron chi connectivity index (χ3n) is 4.35. The predicted molar refractivity (Wildman–Crippen MR) is 102 cm³/mol. The number of sulfone groups is 1. The zero-order valence-corrected chi connectivity index (χ0v) is 15.5. The Morgan fingerprint density at radius 3 is 2.32 bits per heavy atom. The number of hydrogen-bond acceptors (Lipinski definition) is 5. The van der Waals surface area contributed by atoms with Crippen molar-refractivity contribution in [3.63, 3.8) is 0 Å². The van der Waals surface area contributed by atoms with Gasteiger partial charge in [0.25, 0.3) is 0 Å². The summed E-state index contributed by atoms with van der Waals surface area (Å²) >= 11 is 0. The van der Waals surface area contributed by atoms with Gasteiger partial charge in [-0.3, -0.25) is 4.40 Å². The fourth-order valence-electron chi connectivity index (χ4n) is 2.92. The van der Waals surface area contributed by atoms with Gasteiger partial charge in [-0.25, -0.2) is 22.8 Å². The van der Waals surface area contributed by atoms with Crippen molar-refractivity contribution in [2.75, 3.05) is 6.26 Å². The lowest BCUT2D eigenvalue weighted by Crippen LogP contribution is -1.97. The lowest BCUT2D eigenvalue weighted by Gasteiger charge is -2.07. The van der Waals surface area contributed by atoms with Crippen LogP contribution in [0.15, 0.2) is 66.0 Å². The predicted octanol–water partition coefficient (Wildman–Crippen LogP) is 3.48. The molecule has 0 saturated carbocycles. The Bertz CT molecular complexity index is 1340. The first kappa shape index (κ1) is 17.8. The summed E-state index contributed by atoms with van der Waals surface area (Å²) in [6, 6.07) is 12.9. The summed E-state index contributed by atoms with van der Waals surface area (Å²) < 4.78 is 39.5. The molecule has 6 nitrogen and oxygen atoms in total. The Kier molecular flexibility index (Phi) is 4.17. The number of halogens is 1. The largest absolute Gasteiger partial charge is 0.297 e. The summed E-state index contributed by atoms with van der Waals surface area (Å²) in [4.78, 5) is 8.37. The van der Waals surface area contributed by atoms with E-state index < -0.39 is 15.7 Å². The van der Waals surface area contributed by atoms with Gasteiger partial charge in [0.1, 0.15) is 11.8 Å². The number of nitrogens with zero attached hydrogens (tertiary/aromatic N) is 4. The van der Waals surface area contributed by atoms with Crippen molar-refractivity contribution < 1.29 is 12.8 Å². The fourth-order valence-corrected chi connectivity index (χ4v) is 3.55. The molecule has 28 heavy (non-hydrogen) atoms. The molecule has 0 aliphatic heterocycles. The van der Waals surface area contributed by atoms with E-state index in [0.29, 0.717) is 22.4 Å². The van der Waals surface area contributed by atoms with Crippen molar-refractivity contribution in [3.8, 4) is 28.5 Å². The van der Waals surface area contributed by atoms with Gasteiger partial charge in [0.05, 0.1) is 16.8 Å². The summed E-state index contributed by atoms with van der Waals surface area (Å²) in [6.07, 6.45) is 5.92. The molecule has 1 aromatic carbocycles. The molecule has 0 unspecified atom stereocenters. The Hall–Kier alpha value is -3.57. The van der Waals surface area contributed by atoms with Crippen molar-refractivity contribution in [1.82, 2.24) is 14.4 Å². The zero-order valence-electron chi connectivity index (χ0n) is 14.7. The normalized spacial score (nSPS) is 11.5. The number of imidazole rings is 1. The zero-order chi connectivity index (χ0) is 19.9. The highest BCUT2D eigenvalue weighted by Crippen LogP contribution is 2.27. The molecule has 0 amide bonds. The standard InChI is InChI=1S/C20H13FN4O2S/c1-28(26,27)17-6-3-13(4-7-17)19-11-24-20-18(21)8-15(12-25(19)20)14-2-5-16(9-22)23-10-14/h2-8,10-12H,1H3. The van der Waals surface area contributed by atoms with Crippen molar-refractivity contribution in [1.29, 1.82) is 5.26 Å². The van der Waals surface area contributed by atoms with Crippen LogP contribution in [0.3, 0.4) is 0 Å². The Morgan fingerprint density at radius 1 is 1.00 bits per heavy atom. The molecule has 0 fully saturated rings. The molecule has 0 spiro atoms. The molecule has 8 heteroatoms. The SMILES string of the molecule is CS(=O)(=O)c1ccc(-c2cnc3c(F)cc(-c4ccc(C#N)nc4)cn23)cc1. The lowest BCUT2D eigenvalue weighted by atomic mass is 10.1. The summed E-state index contributed by atoms with van der Waals surface area (Å²) in [6.45, 7) is 0. The van der Waals surface area contributed by atoms with Crippen LogP contribution in [-0.4, -0.2) is 29.0 Å².